The molecule has 0 aromatic heterocycles. The highest BCUT2D eigenvalue weighted by Gasteiger charge is 2.16. The predicted molar refractivity (Wildman–Crippen MR) is 69.6 cm³/mol. The number of hydrogen-bond donors (Lipinski definition) is 1. The van der Waals surface area contributed by atoms with Crippen LogP contribution in [-0.4, -0.2) is 5.11 Å². The van der Waals surface area contributed by atoms with Crippen LogP contribution in [0.2, 0.25) is 0 Å². The second kappa shape index (κ2) is 5.93. The molecule has 0 spiro atoms. The fourth-order valence-corrected chi connectivity index (χ4v) is 2.43. The number of phenols is 1. The number of rotatable bonds is 5. The van der Waals surface area contributed by atoms with Gasteiger partial charge in [-0.1, -0.05) is 39.8 Å². The van der Waals surface area contributed by atoms with Crippen molar-refractivity contribution in [2.24, 2.45) is 17.8 Å². The van der Waals surface area contributed by atoms with Crippen molar-refractivity contribution in [3.05, 3.63) is 29.8 Å². The van der Waals surface area contributed by atoms with Crippen LogP contribution in [0.15, 0.2) is 24.3 Å². The number of phenolic OH excluding ortho intramolecular Hbond substituents is 1. The van der Waals surface area contributed by atoms with E-state index in [4.69, 9.17) is 0 Å². The van der Waals surface area contributed by atoms with Crippen LogP contribution in [0.5, 0.6) is 5.75 Å². The van der Waals surface area contributed by atoms with E-state index in [0.717, 1.165) is 24.2 Å². The van der Waals surface area contributed by atoms with Crippen molar-refractivity contribution in [2.75, 3.05) is 0 Å². The molecule has 1 aromatic rings. The molecule has 0 aliphatic rings. The average Bonchev–Trinajstić information content (AvgIpc) is 2.20. The monoisotopic (exact) mass is 220 g/mol. The molecule has 0 saturated heterocycles. The highest BCUT2D eigenvalue weighted by atomic mass is 16.3. The van der Waals surface area contributed by atoms with E-state index >= 15 is 0 Å². The number of benzene rings is 1. The zero-order valence-electron chi connectivity index (χ0n) is 10.9. The average molecular weight is 220 g/mol. The molecule has 0 aliphatic carbocycles. The van der Waals surface area contributed by atoms with Gasteiger partial charge in [-0.3, -0.25) is 0 Å². The summed E-state index contributed by atoms with van der Waals surface area (Å²) in [7, 11) is 0. The van der Waals surface area contributed by atoms with Gasteiger partial charge in [0.05, 0.1) is 0 Å². The largest absolute Gasteiger partial charge is 0.508 e. The number of aromatic hydroxyl groups is 1. The lowest BCUT2D eigenvalue weighted by Crippen LogP contribution is -2.16. The van der Waals surface area contributed by atoms with Crippen LogP contribution in [0.3, 0.4) is 0 Å². The molecule has 0 fully saturated rings. The van der Waals surface area contributed by atoms with Crippen molar-refractivity contribution < 1.29 is 5.11 Å². The Morgan fingerprint density at radius 3 is 1.88 bits per heavy atom. The first-order valence-corrected chi connectivity index (χ1v) is 6.28. The van der Waals surface area contributed by atoms with E-state index in [1.807, 2.05) is 12.1 Å². The van der Waals surface area contributed by atoms with E-state index < -0.39 is 0 Å². The first-order chi connectivity index (χ1) is 7.50. The van der Waals surface area contributed by atoms with Gasteiger partial charge in [0.25, 0.3) is 0 Å². The topological polar surface area (TPSA) is 20.2 Å². The second-order valence-electron chi connectivity index (χ2n) is 5.36. The molecule has 0 heterocycles. The minimum atomic E-state index is 0.355. The molecule has 1 N–H and O–H groups in total. The summed E-state index contributed by atoms with van der Waals surface area (Å²) in [4.78, 5) is 0. The van der Waals surface area contributed by atoms with Gasteiger partial charge in [-0.2, -0.15) is 0 Å². The van der Waals surface area contributed by atoms with E-state index in [1.54, 1.807) is 12.1 Å². The second-order valence-corrected chi connectivity index (χ2v) is 5.36. The molecule has 0 saturated carbocycles. The van der Waals surface area contributed by atoms with Crippen molar-refractivity contribution in [3.8, 4) is 5.75 Å². The molecule has 0 radical (unpaired) electrons. The van der Waals surface area contributed by atoms with E-state index in [1.165, 1.54) is 12.0 Å². The fourth-order valence-electron chi connectivity index (χ4n) is 2.43. The van der Waals surface area contributed by atoms with E-state index in [2.05, 4.69) is 27.7 Å². The number of aryl methyl sites for hydroxylation is 1. The molecule has 0 bridgehead atoms. The highest BCUT2D eigenvalue weighted by molar-refractivity contribution is 5.25. The maximum Gasteiger partial charge on any atom is 0.115 e. The summed E-state index contributed by atoms with van der Waals surface area (Å²) in [6.45, 7) is 9.23. The van der Waals surface area contributed by atoms with Crippen LogP contribution in [-0.2, 0) is 6.42 Å². The molecule has 0 unspecified atom stereocenters. The summed E-state index contributed by atoms with van der Waals surface area (Å²) in [5, 5.41) is 9.21. The standard InChI is InChI=1S/C15H24O/c1-11(2)15(12(3)4)10-7-13-5-8-14(16)9-6-13/h5-6,8-9,11-12,15-16H,7,10H2,1-4H3. The van der Waals surface area contributed by atoms with Gasteiger partial charge in [0, 0.05) is 0 Å². The molecule has 16 heavy (non-hydrogen) atoms. The molecule has 1 heteroatoms. The lowest BCUT2D eigenvalue weighted by molar-refractivity contribution is 0.270. The van der Waals surface area contributed by atoms with E-state index in [-0.39, 0.29) is 0 Å². The molecule has 0 aliphatic heterocycles. The van der Waals surface area contributed by atoms with Crippen molar-refractivity contribution >= 4 is 0 Å². The molecule has 1 nitrogen and oxygen atoms in total. The Hall–Kier alpha value is -0.980. The van der Waals surface area contributed by atoms with Gasteiger partial charge in [-0.25, -0.2) is 0 Å². The molecule has 0 atom stereocenters. The van der Waals surface area contributed by atoms with Crippen molar-refractivity contribution in [1.29, 1.82) is 0 Å². The molecule has 1 rings (SSSR count). The maximum atomic E-state index is 9.21. The van der Waals surface area contributed by atoms with Gasteiger partial charge < -0.3 is 5.11 Å². The quantitative estimate of drug-likeness (QED) is 0.786. The summed E-state index contributed by atoms with van der Waals surface area (Å²) < 4.78 is 0. The Morgan fingerprint density at radius 1 is 0.938 bits per heavy atom. The molecule has 90 valence electrons. The Labute approximate surface area is 99.5 Å². The van der Waals surface area contributed by atoms with Gasteiger partial charge in [-0.15, -0.1) is 0 Å². The third-order valence-electron chi connectivity index (χ3n) is 3.42. The normalized spacial score (nSPS) is 11.7. The zero-order chi connectivity index (χ0) is 12.1. The Bertz CT molecular complexity index is 290. The summed E-state index contributed by atoms with van der Waals surface area (Å²) >= 11 is 0. The minimum absolute atomic E-state index is 0.355. The maximum absolute atomic E-state index is 9.21. The first kappa shape index (κ1) is 13.1. The Kier molecular flexibility index (Phi) is 4.85. The lowest BCUT2D eigenvalue weighted by Gasteiger charge is -2.24. The predicted octanol–water partition coefficient (Wildman–Crippen LogP) is 4.25. The number of hydrogen-bond acceptors (Lipinski definition) is 1. The summed E-state index contributed by atoms with van der Waals surface area (Å²) in [6.07, 6.45) is 2.35. The lowest BCUT2D eigenvalue weighted by atomic mass is 9.81. The SMILES string of the molecule is CC(C)C(CCc1ccc(O)cc1)C(C)C. The fraction of sp³-hybridized carbons (Fsp3) is 0.600. The smallest absolute Gasteiger partial charge is 0.115 e. The third kappa shape index (κ3) is 3.88. The summed E-state index contributed by atoms with van der Waals surface area (Å²) in [5.41, 5.74) is 1.32. The van der Waals surface area contributed by atoms with Gasteiger partial charge in [-0.05, 0) is 48.3 Å². The van der Waals surface area contributed by atoms with Gasteiger partial charge >= 0.3 is 0 Å². The van der Waals surface area contributed by atoms with Crippen LogP contribution in [0.4, 0.5) is 0 Å². The highest BCUT2D eigenvalue weighted by Crippen LogP contribution is 2.26. The van der Waals surface area contributed by atoms with E-state index in [9.17, 15) is 5.11 Å². The van der Waals surface area contributed by atoms with Crippen molar-refractivity contribution in [1.82, 2.24) is 0 Å². The molecular formula is C15H24O. The first-order valence-electron chi connectivity index (χ1n) is 6.28. The van der Waals surface area contributed by atoms with Gasteiger partial charge in [0.15, 0.2) is 0 Å². The van der Waals surface area contributed by atoms with Crippen LogP contribution in [0.25, 0.3) is 0 Å². The van der Waals surface area contributed by atoms with Gasteiger partial charge in [0.2, 0.25) is 0 Å². The molecule has 0 amide bonds. The Morgan fingerprint density at radius 2 is 1.44 bits per heavy atom. The van der Waals surface area contributed by atoms with Crippen LogP contribution in [0, 0.1) is 17.8 Å². The third-order valence-corrected chi connectivity index (χ3v) is 3.42. The van der Waals surface area contributed by atoms with Crippen LogP contribution in [0.1, 0.15) is 39.7 Å². The van der Waals surface area contributed by atoms with E-state index in [0.29, 0.717) is 5.75 Å². The molecular weight excluding hydrogens is 196 g/mol. The van der Waals surface area contributed by atoms with Crippen LogP contribution >= 0.6 is 0 Å². The Balaban J connectivity index is 2.52. The van der Waals surface area contributed by atoms with Crippen molar-refractivity contribution in [2.45, 2.75) is 40.5 Å². The minimum Gasteiger partial charge on any atom is -0.508 e. The summed E-state index contributed by atoms with van der Waals surface area (Å²) in [5.74, 6) is 2.64. The van der Waals surface area contributed by atoms with Gasteiger partial charge in [0.1, 0.15) is 5.75 Å². The summed E-state index contributed by atoms with van der Waals surface area (Å²) in [6, 6.07) is 7.59. The van der Waals surface area contributed by atoms with Crippen LogP contribution < -0.4 is 0 Å². The zero-order valence-corrected chi connectivity index (χ0v) is 10.9. The molecule has 1 aromatic carbocycles. The van der Waals surface area contributed by atoms with Crippen molar-refractivity contribution in [3.63, 3.8) is 0 Å².